The van der Waals surface area contributed by atoms with Crippen LogP contribution in [0.15, 0.2) is 39.8 Å². The minimum atomic E-state index is 0.0583. The normalized spacial score (nSPS) is 12.8. The molecule has 124 valence electrons. The van der Waals surface area contributed by atoms with Crippen LogP contribution in [0.25, 0.3) is 0 Å². The Bertz CT molecular complexity index is 652. The summed E-state index contributed by atoms with van der Waals surface area (Å²) in [7, 11) is 1.68. The third kappa shape index (κ3) is 4.74. The largest absolute Gasteiger partial charge is 0.496 e. The van der Waals surface area contributed by atoms with E-state index in [9.17, 15) is 0 Å². The van der Waals surface area contributed by atoms with E-state index in [2.05, 4.69) is 27.7 Å². The van der Waals surface area contributed by atoms with Gasteiger partial charge in [0.25, 0.3) is 0 Å². The number of nitrogens with zero attached hydrogens (tertiary/aromatic N) is 2. The summed E-state index contributed by atoms with van der Waals surface area (Å²) in [5, 5.41) is 10.6. The van der Waals surface area contributed by atoms with E-state index in [1.54, 1.807) is 7.11 Å². The third-order valence-electron chi connectivity index (χ3n) is 3.38. The van der Waals surface area contributed by atoms with Crippen molar-refractivity contribution in [1.82, 2.24) is 15.8 Å². The van der Waals surface area contributed by atoms with Crippen LogP contribution >= 0.6 is 0 Å². The van der Waals surface area contributed by atoms with E-state index in [-0.39, 0.29) is 6.04 Å². The summed E-state index contributed by atoms with van der Waals surface area (Å²) in [4.78, 5) is 4.55. The molecule has 6 heteroatoms. The molecule has 2 rings (SSSR count). The lowest BCUT2D eigenvalue weighted by Crippen LogP contribution is -2.38. The maximum Gasteiger partial charge on any atom is 0.192 e. The summed E-state index contributed by atoms with van der Waals surface area (Å²) in [5.41, 5.74) is 1.89. The second-order valence-electron chi connectivity index (χ2n) is 5.23. The topological polar surface area (TPSA) is 71.7 Å². The van der Waals surface area contributed by atoms with E-state index >= 15 is 0 Å². The number of hydrogen-bond donors (Lipinski definition) is 2. The lowest BCUT2D eigenvalue weighted by molar-refractivity contribution is 0.391. The lowest BCUT2D eigenvalue weighted by Gasteiger charge is -2.20. The Morgan fingerprint density at radius 3 is 2.83 bits per heavy atom. The third-order valence-corrected chi connectivity index (χ3v) is 3.38. The first-order valence-electron chi connectivity index (χ1n) is 7.74. The first-order chi connectivity index (χ1) is 11.1. The number of ether oxygens (including phenoxy) is 1. The predicted molar refractivity (Wildman–Crippen MR) is 90.6 cm³/mol. The maximum absolute atomic E-state index is 5.42. The lowest BCUT2D eigenvalue weighted by atomic mass is 10.1. The minimum absolute atomic E-state index is 0.0583. The molecule has 23 heavy (non-hydrogen) atoms. The van der Waals surface area contributed by atoms with Crippen LogP contribution in [0.5, 0.6) is 5.75 Å². The zero-order valence-electron chi connectivity index (χ0n) is 14.1. The highest BCUT2D eigenvalue weighted by Gasteiger charge is 2.12. The summed E-state index contributed by atoms with van der Waals surface area (Å²) in [6.07, 6.45) is 0. The van der Waals surface area contributed by atoms with Gasteiger partial charge in [-0.15, -0.1) is 0 Å². The number of benzene rings is 1. The molecule has 0 bridgehead atoms. The summed E-state index contributed by atoms with van der Waals surface area (Å²) in [5.74, 6) is 2.37. The van der Waals surface area contributed by atoms with Gasteiger partial charge in [0, 0.05) is 18.2 Å². The molecule has 6 nitrogen and oxygen atoms in total. The van der Waals surface area contributed by atoms with E-state index < -0.39 is 0 Å². The molecule has 0 aliphatic rings. The van der Waals surface area contributed by atoms with Crippen molar-refractivity contribution in [3.05, 3.63) is 47.3 Å². The summed E-state index contributed by atoms with van der Waals surface area (Å²) >= 11 is 0. The molecule has 1 atom stereocenters. The number of rotatable bonds is 6. The fraction of sp³-hybridized carbons (Fsp3) is 0.412. The number of para-hydroxylation sites is 1. The van der Waals surface area contributed by atoms with Gasteiger partial charge in [-0.2, -0.15) is 0 Å². The number of aliphatic imine (C=N–C) groups is 1. The van der Waals surface area contributed by atoms with Crippen molar-refractivity contribution in [2.24, 2.45) is 4.99 Å². The molecular weight excluding hydrogens is 292 g/mol. The Morgan fingerprint density at radius 1 is 1.39 bits per heavy atom. The first-order valence-corrected chi connectivity index (χ1v) is 7.74. The van der Waals surface area contributed by atoms with E-state index in [0.29, 0.717) is 6.54 Å². The Kier molecular flexibility index (Phi) is 6.02. The average Bonchev–Trinajstić information content (AvgIpc) is 2.98. The zero-order valence-corrected chi connectivity index (χ0v) is 14.1. The highest BCUT2D eigenvalue weighted by molar-refractivity contribution is 5.80. The van der Waals surface area contributed by atoms with E-state index in [4.69, 9.17) is 9.26 Å². The van der Waals surface area contributed by atoms with Crippen LogP contribution in [0.3, 0.4) is 0 Å². The van der Waals surface area contributed by atoms with Crippen molar-refractivity contribution < 1.29 is 9.26 Å². The minimum Gasteiger partial charge on any atom is -0.496 e. The molecule has 0 unspecified atom stereocenters. The van der Waals surface area contributed by atoms with Gasteiger partial charge in [0.1, 0.15) is 17.2 Å². The van der Waals surface area contributed by atoms with Gasteiger partial charge in [0.15, 0.2) is 5.96 Å². The Morgan fingerprint density at radius 2 is 2.17 bits per heavy atom. The molecule has 0 aliphatic carbocycles. The van der Waals surface area contributed by atoms with Crippen molar-refractivity contribution >= 4 is 5.96 Å². The fourth-order valence-electron chi connectivity index (χ4n) is 2.28. The average molecular weight is 316 g/mol. The summed E-state index contributed by atoms with van der Waals surface area (Å²) in [6, 6.07) is 9.90. The van der Waals surface area contributed by atoms with Gasteiger partial charge in [0.05, 0.1) is 19.7 Å². The van der Waals surface area contributed by atoms with Gasteiger partial charge in [-0.3, -0.25) is 0 Å². The van der Waals surface area contributed by atoms with E-state index in [1.807, 2.05) is 44.2 Å². The van der Waals surface area contributed by atoms with Gasteiger partial charge in [-0.05, 0) is 26.8 Å². The van der Waals surface area contributed by atoms with Gasteiger partial charge in [-0.25, -0.2) is 4.99 Å². The molecule has 0 radical (unpaired) electrons. The van der Waals surface area contributed by atoms with Crippen molar-refractivity contribution in [2.75, 3.05) is 13.7 Å². The van der Waals surface area contributed by atoms with Gasteiger partial charge in [0.2, 0.25) is 0 Å². The number of methoxy groups -OCH3 is 1. The molecule has 0 aliphatic heterocycles. The molecule has 0 saturated carbocycles. The molecule has 2 aromatic rings. The Hall–Kier alpha value is -2.50. The molecule has 1 aromatic heterocycles. The van der Waals surface area contributed by atoms with E-state index in [1.165, 1.54) is 0 Å². The van der Waals surface area contributed by atoms with Crippen molar-refractivity contribution in [2.45, 2.75) is 33.4 Å². The smallest absolute Gasteiger partial charge is 0.192 e. The molecule has 1 heterocycles. The fourth-order valence-corrected chi connectivity index (χ4v) is 2.28. The second-order valence-corrected chi connectivity index (χ2v) is 5.23. The predicted octanol–water partition coefficient (Wildman–Crippen LogP) is 2.81. The SMILES string of the molecule is CCNC(=NCc1cc(C)on1)N[C@H](C)c1ccccc1OC. The molecular formula is C17H24N4O2. The van der Waals surface area contributed by atoms with Crippen molar-refractivity contribution in [3.63, 3.8) is 0 Å². The van der Waals surface area contributed by atoms with Gasteiger partial charge < -0.3 is 19.9 Å². The summed E-state index contributed by atoms with van der Waals surface area (Å²) in [6.45, 7) is 7.22. The number of guanidine groups is 1. The molecule has 0 spiro atoms. The number of aromatic nitrogens is 1. The standard InChI is InChI=1S/C17H24N4O2/c1-5-18-17(19-11-14-10-12(2)23-21-14)20-13(3)15-8-6-7-9-16(15)22-4/h6-10,13H,5,11H2,1-4H3,(H2,18,19,20)/t13-/m1/s1. The van der Waals surface area contributed by atoms with E-state index in [0.717, 1.165) is 35.3 Å². The Labute approximate surface area is 136 Å². The summed E-state index contributed by atoms with van der Waals surface area (Å²) < 4.78 is 10.5. The van der Waals surface area contributed by atoms with Crippen molar-refractivity contribution in [3.8, 4) is 5.75 Å². The zero-order chi connectivity index (χ0) is 16.7. The highest BCUT2D eigenvalue weighted by atomic mass is 16.5. The molecule has 1 aromatic carbocycles. The maximum atomic E-state index is 5.42. The number of aryl methyl sites for hydroxylation is 1. The van der Waals surface area contributed by atoms with Crippen molar-refractivity contribution in [1.29, 1.82) is 0 Å². The van der Waals surface area contributed by atoms with Gasteiger partial charge >= 0.3 is 0 Å². The van der Waals surface area contributed by atoms with Crippen LogP contribution in [0.4, 0.5) is 0 Å². The van der Waals surface area contributed by atoms with Crippen LogP contribution in [-0.4, -0.2) is 24.8 Å². The molecule has 0 amide bonds. The van der Waals surface area contributed by atoms with Crippen LogP contribution < -0.4 is 15.4 Å². The number of hydrogen-bond acceptors (Lipinski definition) is 4. The van der Waals surface area contributed by atoms with Crippen LogP contribution in [0.1, 0.15) is 36.9 Å². The van der Waals surface area contributed by atoms with Gasteiger partial charge in [-0.1, -0.05) is 23.4 Å². The van der Waals surface area contributed by atoms with Crippen LogP contribution in [-0.2, 0) is 6.54 Å². The first kappa shape index (κ1) is 16.9. The van der Waals surface area contributed by atoms with Crippen LogP contribution in [0.2, 0.25) is 0 Å². The molecule has 0 saturated heterocycles. The Balaban J connectivity index is 2.08. The highest BCUT2D eigenvalue weighted by Crippen LogP contribution is 2.24. The van der Waals surface area contributed by atoms with Crippen LogP contribution in [0, 0.1) is 6.92 Å². The quantitative estimate of drug-likeness (QED) is 0.633. The molecule has 2 N–H and O–H groups in total. The monoisotopic (exact) mass is 316 g/mol. The second kappa shape index (κ2) is 8.22. The number of nitrogens with one attached hydrogen (secondary N) is 2. The molecule has 0 fully saturated rings.